The smallest absolute Gasteiger partial charge is 0.328 e. The maximum atomic E-state index is 11.1. The van der Waals surface area contributed by atoms with E-state index >= 15 is 0 Å². The van der Waals surface area contributed by atoms with Gasteiger partial charge in [-0.05, 0) is 13.3 Å². The fourth-order valence-electron chi connectivity index (χ4n) is 0.913. The Balaban J connectivity index is 3.95. The van der Waals surface area contributed by atoms with Gasteiger partial charge in [-0.2, -0.15) is 0 Å². The van der Waals surface area contributed by atoms with E-state index in [0.29, 0.717) is 6.61 Å². The molecule has 0 bridgehead atoms. The van der Waals surface area contributed by atoms with Crippen LogP contribution in [0.4, 0.5) is 0 Å². The maximum Gasteiger partial charge on any atom is 0.328 e. The van der Waals surface area contributed by atoms with Gasteiger partial charge in [0.25, 0.3) is 0 Å². The molecule has 6 heteroatoms. The fraction of sp³-hybridized carbons (Fsp3) is 0.778. The number of hydrogen-bond donors (Lipinski definition) is 3. The Morgan fingerprint density at radius 3 is 2.47 bits per heavy atom. The first-order valence-electron chi connectivity index (χ1n) is 4.77. The van der Waals surface area contributed by atoms with Gasteiger partial charge in [0.2, 0.25) is 5.91 Å². The van der Waals surface area contributed by atoms with Crippen LogP contribution in [0, 0.1) is 0 Å². The Labute approximate surface area is 88.2 Å². The Kier molecular flexibility index (Phi) is 6.64. The van der Waals surface area contributed by atoms with Gasteiger partial charge < -0.3 is 20.3 Å². The molecule has 88 valence electrons. The van der Waals surface area contributed by atoms with Crippen LogP contribution in [-0.2, 0) is 14.3 Å². The zero-order chi connectivity index (χ0) is 11.8. The Hall–Kier alpha value is -1.14. The van der Waals surface area contributed by atoms with E-state index in [-0.39, 0.29) is 6.61 Å². The fourth-order valence-corrected chi connectivity index (χ4v) is 0.913. The Morgan fingerprint density at radius 2 is 2.07 bits per heavy atom. The number of nitrogens with one attached hydrogen (secondary N) is 1. The number of amides is 1. The number of aliphatic carboxylic acids is 1. The van der Waals surface area contributed by atoms with E-state index in [1.165, 1.54) is 6.92 Å². The summed E-state index contributed by atoms with van der Waals surface area (Å²) in [5.41, 5.74) is 0. The maximum absolute atomic E-state index is 11.1. The van der Waals surface area contributed by atoms with Gasteiger partial charge in [0, 0.05) is 6.61 Å². The van der Waals surface area contributed by atoms with Gasteiger partial charge in [0.15, 0.2) is 6.04 Å². The predicted octanol–water partition coefficient (Wildman–Crippen LogP) is -0.637. The molecule has 0 saturated carbocycles. The first-order valence-corrected chi connectivity index (χ1v) is 4.77. The second-order valence-corrected chi connectivity index (χ2v) is 3.18. The molecule has 0 saturated heterocycles. The summed E-state index contributed by atoms with van der Waals surface area (Å²) in [6, 6.07) is -1.29. The molecule has 6 nitrogen and oxygen atoms in total. The molecule has 15 heavy (non-hydrogen) atoms. The van der Waals surface area contributed by atoms with E-state index in [9.17, 15) is 9.59 Å². The third kappa shape index (κ3) is 6.03. The van der Waals surface area contributed by atoms with Gasteiger partial charge in [-0.25, -0.2) is 4.79 Å². The first-order chi connectivity index (χ1) is 6.99. The highest BCUT2D eigenvalue weighted by molar-refractivity contribution is 5.84. The number of aliphatic hydroxyl groups is 1. The lowest BCUT2D eigenvalue weighted by molar-refractivity contribution is -0.145. The van der Waals surface area contributed by atoms with E-state index in [4.69, 9.17) is 14.9 Å². The molecule has 0 fully saturated rings. The normalized spacial score (nSPS) is 14.3. The zero-order valence-electron chi connectivity index (χ0n) is 8.90. The van der Waals surface area contributed by atoms with Crippen molar-refractivity contribution in [2.75, 3.05) is 13.2 Å². The van der Waals surface area contributed by atoms with Gasteiger partial charge in [-0.15, -0.1) is 0 Å². The standard InChI is InChI=1S/C9H17NO5/c1-3-4-15-5-7(12)10-8(6(2)11)9(13)14/h6,8,11H,3-5H2,1-2H3,(H,10,12)(H,13,14). The molecule has 0 aromatic carbocycles. The highest BCUT2D eigenvalue weighted by Crippen LogP contribution is 1.93. The molecule has 2 unspecified atom stereocenters. The van der Waals surface area contributed by atoms with Crippen LogP contribution in [0.3, 0.4) is 0 Å². The van der Waals surface area contributed by atoms with Crippen molar-refractivity contribution in [1.29, 1.82) is 0 Å². The topological polar surface area (TPSA) is 95.9 Å². The van der Waals surface area contributed by atoms with E-state index in [1.807, 2.05) is 6.92 Å². The van der Waals surface area contributed by atoms with Crippen LogP contribution >= 0.6 is 0 Å². The van der Waals surface area contributed by atoms with Crippen LogP contribution in [0.15, 0.2) is 0 Å². The van der Waals surface area contributed by atoms with E-state index in [0.717, 1.165) is 6.42 Å². The highest BCUT2D eigenvalue weighted by Gasteiger charge is 2.24. The third-order valence-corrected chi connectivity index (χ3v) is 1.65. The minimum atomic E-state index is -1.29. The van der Waals surface area contributed by atoms with Crippen LogP contribution in [0.2, 0.25) is 0 Å². The van der Waals surface area contributed by atoms with E-state index in [1.54, 1.807) is 0 Å². The number of carboxylic acids is 1. The lowest BCUT2D eigenvalue weighted by Gasteiger charge is -2.16. The van der Waals surface area contributed by atoms with Crippen molar-refractivity contribution in [2.24, 2.45) is 0 Å². The van der Waals surface area contributed by atoms with Crippen LogP contribution < -0.4 is 5.32 Å². The molecule has 0 aromatic rings. The second kappa shape index (κ2) is 7.19. The highest BCUT2D eigenvalue weighted by atomic mass is 16.5. The number of hydrogen-bond acceptors (Lipinski definition) is 4. The molecule has 0 aliphatic heterocycles. The molecule has 0 aliphatic rings. The van der Waals surface area contributed by atoms with Crippen LogP contribution in [0.5, 0.6) is 0 Å². The van der Waals surface area contributed by atoms with E-state index in [2.05, 4.69) is 5.32 Å². The van der Waals surface area contributed by atoms with Crippen LogP contribution in [-0.4, -0.2) is 47.4 Å². The largest absolute Gasteiger partial charge is 0.480 e. The number of carboxylic acid groups (broad SMARTS) is 1. The summed E-state index contributed by atoms with van der Waals surface area (Å²) in [7, 11) is 0. The molecule has 1 amide bonds. The number of aliphatic hydroxyl groups excluding tert-OH is 1. The molecule has 0 aromatic heterocycles. The van der Waals surface area contributed by atoms with Gasteiger partial charge in [-0.3, -0.25) is 4.79 Å². The molecule has 0 radical (unpaired) electrons. The zero-order valence-corrected chi connectivity index (χ0v) is 8.90. The molecule has 0 aliphatic carbocycles. The van der Waals surface area contributed by atoms with Gasteiger partial charge in [-0.1, -0.05) is 6.92 Å². The first kappa shape index (κ1) is 13.9. The molecule has 0 rings (SSSR count). The Morgan fingerprint density at radius 1 is 1.47 bits per heavy atom. The van der Waals surface area contributed by atoms with Crippen molar-refractivity contribution in [3.8, 4) is 0 Å². The molecule has 3 N–H and O–H groups in total. The number of ether oxygens (including phenoxy) is 1. The minimum absolute atomic E-state index is 0.190. The summed E-state index contributed by atoms with van der Waals surface area (Å²) in [6.45, 7) is 3.45. The van der Waals surface area contributed by atoms with Crippen molar-refractivity contribution in [1.82, 2.24) is 5.32 Å². The molecule has 2 atom stereocenters. The number of rotatable bonds is 7. The summed E-state index contributed by atoms with van der Waals surface area (Å²) in [4.78, 5) is 21.7. The summed E-state index contributed by atoms with van der Waals surface area (Å²) in [5.74, 6) is -1.81. The lowest BCUT2D eigenvalue weighted by atomic mass is 10.2. The van der Waals surface area contributed by atoms with Crippen molar-refractivity contribution in [3.63, 3.8) is 0 Å². The SMILES string of the molecule is CCCOCC(=O)NC(C(=O)O)C(C)O. The monoisotopic (exact) mass is 219 g/mol. The van der Waals surface area contributed by atoms with Crippen molar-refractivity contribution in [3.05, 3.63) is 0 Å². The minimum Gasteiger partial charge on any atom is -0.480 e. The number of carbonyl (C=O) groups is 2. The van der Waals surface area contributed by atoms with Crippen LogP contribution in [0.1, 0.15) is 20.3 Å². The number of carbonyl (C=O) groups excluding carboxylic acids is 1. The van der Waals surface area contributed by atoms with E-state index < -0.39 is 24.0 Å². The molecule has 0 heterocycles. The van der Waals surface area contributed by atoms with Crippen LogP contribution in [0.25, 0.3) is 0 Å². The van der Waals surface area contributed by atoms with Gasteiger partial charge in [0.05, 0.1) is 6.10 Å². The second-order valence-electron chi connectivity index (χ2n) is 3.18. The average molecular weight is 219 g/mol. The molecular formula is C9H17NO5. The molecular weight excluding hydrogens is 202 g/mol. The average Bonchev–Trinajstić information content (AvgIpc) is 2.13. The summed E-state index contributed by atoms with van der Waals surface area (Å²) < 4.78 is 4.92. The lowest BCUT2D eigenvalue weighted by Crippen LogP contribution is -2.48. The third-order valence-electron chi connectivity index (χ3n) is 1.65. The van der Waals surface area contributed by atoms with Gasteiger partial charge >= 0.3 is 5.97 Å². The predicted molar refractivity (Wildman–Crippen MR) is 52.4 cm³/mol. The molecule has 0 spiro atoms. The van der Waals surface area contributed by atoms with Crippen molar-refractivity contribution < 1.29 is 24.5 Å². The van der Waals surface area contributed by atoms with Crippen molar-refractivity contribution in [2.45, 2.75) is 32.4 Å². The Bertz CT molecular complexity index is 217. The summed E-state index contributed by atoms with van der Waals surface area (Å²) >= 11 is 0. The summed E-state index contributed by atoms with van der Waals surface area (Å²) in [5, 5.41) is 19.9. The van der Waals surface area contributed by atoms with Crippen molar-refractivity contribution >= 4 is 11.9 Å². The summed E-state index contributed by atoms with van der Waals surface area (Å²) in [6.07, 6.45) is -0.357. The quantitative estimate of drug-likeness (QED) is 0.495. The van der Waals surface area contributed by atoms with Gasteiger partial charge in [0.1, 0.15) is 6.61 Å².